The highest BCUT2D eigenvalue weighted by Crippen LogP contribution is 2.22. The van der Waals surface area contributed by atoms with Crippen molar-refractivity contribution in [2.75, 3.05) is 33.4 Å². The molecular weight excluding hydrogens is 330 g/mol. The van der Waals surface area contributed by atoms with E-state index in [1.807, 2.05) is 0 Å². The summed E-state index contributed by atoms with van der Waals surface area (Å²) in [6.45, 7) is 1.88. The minimum Gasteiger partial charge on any atom is -0.492 e. The van der Waals surface area contributed by atoms with Crippen LogP contribution in [-0.4, -0.2) is 44.9 Å². The quantitative estimate of drug-likeness (QED) is 0.766. The fourth-order valence-electron chi connectivity index (χ4n) is 2.42. The Labute approximate surface area is 140 Å². The molecule has 0 unspecified atom stereocenters. The molecule has 1 saturated heterocycles. The maximum absolute atomic E-state index is 13.0. The zero-order valence-corrected chi connectivity index (χ0v) is 13.7. The molecule has 0 aromatic heterocycles. The molecule has 2 N–H and O–H groups in total. The fourth-order valence-corrected chi connectivity index (χ4v) is 2.42. The predicted octanol–water partition coefficient (Wildman–Crippen LogP) is 1.65. The lowest BCUT2D eigenvalue weighted by Gasteiger charge is -2.34. The van der Waals surface area contributed by atoms with Gasteiger partial charge in [0.1, 0.15) is 18.0 Å². The van der Waals surface area contributed by atoms with E-state index in [9.17, 15) is 13.6 Å². The van der Waals surface area contributed by atoms with Crippen LogP contribution in [0, 0.1) is 11.6 Å². The standard InChI is InChI=1S/C15H20F2N2O3.ClH/c1-21-15(4-6-18-7-5-15)14(20)19-8-9-22-11-2-3-12(16)13(17)10-11;/h2-3,10,18H,4-9H2,1H3,(H,19,20);1H. The van der Waals surface area contributed by atoms with E-state index in [4.69, 9.17) is 9.47 Å². The molecule has 1 fully saturated rings. The van der Waals surface area contributed by atoms with E-state index in [1.165, 1.54) is 13.2 Å². The second-order valence-corrected chi connectivity index (χ2v) is 5.13. The second-order valence-electron chi connectivity index (χ2n) is 5.13. The van der Waals surface area contributed by atoms with Gasteiger partial charge in [-0.05, 0) is 38.1 Å². The van der Waals surface area contributed by atoms with Crippen molar-refractivity contribution in [2.24, 2.45) is 0 Å². The van der Waals surface area contributed by atoms with Crippen molar-refractivity contribution < 1.29 is 23.0 Å². The van der Waals surface area contributed by atoms with Gasteiger partial charge in [0, 0.05) is 13.2 Å². The largest absolute Gasteiger partial charge is 0.492 e. The lowest BCUT2D eigenvalue weighted by Crippen LogP contribution is -2.54. The SMILES string of the molecule is COC1(C(=O)NCCOc2ccc(F)c(F)c2)CCNCC1.Cl. The minimum atomic E-state index is -0.963. The summed E-state index contributed by atoms with van der Waals surface area (Å²) in [5.41, 5.74) is -0.798. The van der Waals surface area contributed by atoms with Crippen molar-refractivity contribution in [1.82, 2.24) is 10.6 Å². The molecule has 0 aliphatic carbocycles. The summed E-state index contributed by atoms with van der Waals surface area (Å²) < 4.78 is 36.5. The molecule has 1 aliphatic rings. The Bertz CT molecular complexity index is 525. The molecule has 5 nitrogen and oxygen atoms in total. The first-order valence-corrected chi connectivity index (χ1v) is 7.19. The van der Waals surface area contributed by atoms with Gasteiger partial charge in [-0.1, -0.05) is 0 Å². The van der Waals surface area contributed by atoms with Crippen LogP contribution in [0.25, 0.3) is 0 Å². The van der Waals surface area contributed by atoms with E-state index < -0.39 is 17.2 Å². The van der Waals surface area contributed by atoms with Crippen LogP contribution in [0.15, 0.2) is 18.2 Å². The summed E-state index contributed by atoms with van der Waals surface area (Å²) in [6, 6.07) is 3.31. The molecule has 0 radical (unpaired) electrons. The van der Waals surface area contributed by atoms with Crippen LogP contribution in [0.1, 0.15) is 12.8 Å². The van der Waals surface area contributed by atoms with Crippen molar-refractivity contribution in [3.05, 3.63) is 29.8 Å². The lowest BCUT2D eigenvalue weighted by atomic mass is 9.91. The Morgan fingerprint density at radius 2 is 2.00 bits per heavy atom. The zero-order valence-electron chi connectivity index (χ0n) is 12.9. The van der Waals surface area contributed by atoms with Crippen LogP contribution < -0.4 is 15.4 Å². The molecule has 0 atom stereocenters. The average molecular weight is 351 g/mol. The van der Waals surface area contributed by atoms with Gasteiger partial charge in [-0.2, -0.15) is 0 Å². The van der Waals surface area contributed by atoms with Crippen molar-refractivity contribution in [1.29, 1.82) is 0 Å². The third-order valence-corrected chi connectivity index (χ3v) is 3.76. The Balaban J connectivity index is 0.00000264. The maximum atomic E-state index is 13.0. The number of benzene rings is 1. The fraction of sp³-hybridized carbons (Fsp3) is 0.533. The first kappa shape index (κ1) is 19.6. The molecular formula is C15H21ClF2N2O3. The van der Waals surface area contributed by atoms with Gasteiger partial charge in [0.15, 0.2) is 11.6 Å². The molecule has 2 rings (SSSR count). The van der Waals surface area contributed by atoms with Gasteiger partial charge in [0.2, 0.25) is 0 Å². The summed E-state index contributed by atoms with van der Waals surface area (Å²) in [5.74, 6) is -1.84. The normalized spacial score (nSPS) is 16.3. The molecule has 1 amide bonds. The number of carbonyl (C=O) groups is 1. The van der Waals surface area contributed by atoms with Crippen LogP contribution >= 0.6 is 12.4 Å². The van der Waals surface area contributed by atoms with Crippen molar-refractivity contribution >= 4 is 18.3 Å². The molecule has 130 valence electrons. The summed E-state index contributed by atoms with van der Waals surface area (Å²) in [7, 11) is 1.53. The summed E-state index contributed by atoms with van der Waals surface area (Å²) in [6.07, 6.45) is 1.22. The van der Waals surface area contributed by atoms with E-state index in [0.29, 0.717) is 12.8 Å². The molecule has 0 saturated carbocycles. The number of ether oxygens (including phenoxy) is 2. The Hall–Kier alpha value is -1.44. The van der Waals surface area contributed by atoms with Crippen LogP contribution in [0.2, 0.25) is 0 Å². The van der Waals surface area contributed by atoms with Crippen LogP contribution in [0.4, 0.5) is 8.78 Å². The van der Waals surface area contributed by atoms with Gasteiger partial charge in [-0.15, -0.1) is 12.4 Å². The number of halogens is 3. The highest BCUT2D eigenvalue weighted by molar-refractivity contribution is 5.85. The molecule has 23 heavy (non-hydrogen) atoms. The van der Waals surface area contributed by atoms with Crippen LogP contribution in [0.3, 0.4) is 0 Å². The molecule has 8 heteroatoms. The number of piperidine rings is 1. The zero-order chi connectivity index (χ0) is 16.0. The highest BCUT2D eigenvalue weighted by Gasteiger charge is 2.39. The van der Waals surface area contributed by atoms with Crippen molar-refractivity contribution in [3.8, 4) is 5.75 Å². The number of amides is 1. The van der Waals surface area contributed by atoms with Gasteiger partial charge in [-0.25, -0.2) is 8.78 Å². The van der Waals surface area contributed by atoms with Gasteiger partial charge in [-0.3, -0.25) is 4.79 Å². The molecule has 1 aromatic rings. The van der Waals surface area contributed by atoms with Crippen LogP contribution in [0.5, 0.6) is 5.75 Å². The number of rotatable bonds is 6. The highest BCUT2D eigenvalue weighted by atomic mass is 35.5. The van der Waals surface area contributed by atoms with Gasteiger partial charge in [0.25, 0.3) is 5.91 Å². The number of carbonyl (C=O) groups excluding carboxylic acids is 1. The summed E-state index contributed by atoms with van der Waals surface area (Å²) in [5, 5.41) is 5.93. The minimum absolute atomic E-state index is 0. The average Bonchev–Trinajstić information content (AvgIpc) is 2.55. The topological polar surface area (TPSA) is 59.6 Å². The first-order chi connectivity index (χ1) is 10.6. The molecule has 1 aliphatic heterocycles. The Morgan fingerprint density at radius 1 is 1.30 bits per heavy atom. The van der Waals surface area contributed by atoms with E-state index in [2.05, 4.69) is 10.6 Å². The van der Waals surface area contributed by atoms with E-state index in [-0.39, 0.29) is 37.2 Å². The van der Waals surface area contributed by atoms with Crippen molar-refractivity contribution in [3.63, 3.8) is 0 Å². The van der Waals surface area contributed by atoms with Gasteiger partial charge < -0.3 is 20.1 Å². The third-order valence-electron chi connectivity index (χ3n) is 3.76. The maximum Gasteiger partial charge on any atom is 0.252 e. The second kappa shape index (κ2) is 9.00. The molecule has 1 aromatic carbocycles. The number of methoxy groups -OCH3 is 1. The smallest absolute Gasteiger partial charge is 0.252 e. The lowest BCUT2D eigenvalue weighted by molar-refractivity contribution is -0.146. The summed E-state index contributed by atoms with van der Waals surface area (Å²) in [4.78, 5) is 12.2. The van der Waals surface area contributed by atoms with Gasteiger partial charge in [0.05, 0.1) is 6.54 Å². The van der Waals surface area contributed by atoms with Gasteiger partial charge >= 0.3 is 0 Å². The van der Waals surface area contributed by atoms with E-state index in [0.717, 1.165) is 25.2 Å². The summed E-state index contributed by atoms with van der Waals surface area (Å²) >= 11 is 0. The number of hydrogen-bond donors (Lipinski definition) is 2. The molecule has 0 bridgehead atoms. The van der Waals surface area contributed by atoms with Crippen molar-refractivity contribution in [2.45, 2.75) is 18.4 Å². The van der Waals surface area contributed by atoms with E-state index >= 15 is 0 Å². The molecule has 0 spiro atoms. The monoisotopic (exact) mass is 350 g/mol. The molecule has 1 heterocycles. The first-order valence-electron chi connectivity index (χ1n) is 7.19. The van der Waals surface area contributed by atoms with Crippen LogP contribution in [-0.2, 0) is 9.53 Å². The Kier molecular flexibility index (Phi) is 7.67. The predicted molar refractivity (Wildman–Crippen MR) is 84.0 cm³/mol. The number of nitrogens with one attached hydrogen (secondary N) is 2. The Morgan fingerprint density at radius 3 is 2.61 bits per heavy atom. The number of hydrogen-bond acceptors (Lipinski definition) is 4. The third kappa shape index (κ3) is 5.02. The van der Waals surface area contributed by atoms with E-state index in [1.54, 1.807) is 0 Å².